The van der Waals surface area contributed by atoms with Crippen LogP contribution in [0.4, 0.5) is 8.78 Å². The van der Waals surface area contributed by atoms with Gasteiger partial charge in [0.05, 0.1) is 11.8 Å². The van der Waals surface area contributed by atoms with Gasteiger partial charge in [-0.2, -0.15) is 5.10 Å². The molecule has 0 atom stereocenters. The van der Waals surface area contributed by atoms with Crippen molar-refractivity contribution < 1.29 is 18.7 Å². The summed E-state index contributed by atoms with van der Waals surface area (Å²) in [5.74, 6) is -2.08. The Kier molecular flexibility index (Phi) is 6.21. The lowest BCUT2D eigenvalue weighted by atomic mass is 10.1. The van der Waals surface area contributed by atoms with E-state index in [4.69, 9.17) is 9.90 Å². The predicted octanol–water partition coefficient (Wildman–Crippen LogP) is 3.20. The minimum atomic E-state index is -0.853. The van der Waals surface area contributed by atoms with Crippen molar-refractivity contribution in [2.75, 3.05) is 0 Å². The molecule has 0 radical (unpaired) electrons. The Bertz CT molecular complexity index is 898. The maximum atomic E-state index is 14.1. The fourth-order valence-corrected chi connectivity index (χ4v) is 2.40. The van der Waals surface area contributed by atoms with Crippen molar-refractivity contribution in [2.24, 2.45) is 7.05 Å². The third-order valence-corrected chi connectivity index (χ3v) is 3.63. The molecule has 6 nitrogen and oxygen atoms in total. The smallest absolute Gasteiger partial charge is 0.300 e. The first-order chi connectivity index (χ1) is 12.3. The van der Waals surface area contributed by atoms with E-state index in [1.165, 1.54) is 6.92 Å². The van der Waals surface area contributed by atoms with E-state index in [2.05, 4.69) is 10.1 Å². The standard InChI is InChI=1S/C16H16F2N4.C2H4O2/c1-11-3-4-13(15(18)14(11)17)16-19-6-8-22(16)7-5-12-9-20-21(2)10-12;1-2(3)4/h3-4,6,8-10H,5,7H2,1-2H3;1H3,(H,3,4). The van der Waals surface area contributed by atoms with Crippen LogP contribution in [0.15, 0.2) is 36.9 Å². The molecule has 0 bridgehead atoms. The van der Waals surface area contributed by atoms with Gasteiger partial charge in [-0.05, 0) is 30.5 Å². The Morgan fingerprint density at radius 1 is 1.27 bits per heavy atom. The maximum absolute atomic E-state index is 14.1. The van der Waals surface area contributed by atoms with Crippen LogP contribution >= 0.6 is 0 Å². The lowest BCUT2D eigenvalue weighted by Crippen LogP contribution is -2.04. The number of carboxylic acids is 1. The van der Waals surface area contributed by atoms with E-state index < -0.39 is 17.6 Å². The lowest BCUT2D eigenvalue weighted by Gasteiger charge is -2.09. The number of aryl methyl sites for hydroxylation is 4. The van der Waals surface area contributed by atoms with E-state index in [1.54, 1.807) is 35.4 Å². The van der Waals surface area contributed by atoms with Gasteiger partial charge in [0.25, 0.3) is 5.97 Å². The summed E-state index contributed by atoms with van der Waals surface area (Å²) in [6.45, 7) is 3.24. The van der Waals surface area contributed by atoms with E-state index in [-0.39, 0.29) is 11.1 Å². The van der Waals surface area contributed by atoms with Gasteiger partial charge in [-0.15, -0.1) is 0 Å². The lowest BCUT2D eigenvalue weighted by molar-refractivity contribution is -0.134. The van der Waals surface area contributed by atoms with E-state index in [1.807, 2.05) is 17.8 Å². The predicted molar refractivity (Wildman–Crippen MR) is 92.5 cm³/mol. The number of carbonyl (C=O) groups is 1. The van der Waals surface area contributed by atoms with Crippen LogP contribution in [0.3, 0.4) is 0 Å². The van der Waals surface area contributed by atoms with Gasteiger partial charge in [0, 0.05) is 39.1 Å². The molecule has 0 saturated carbocycles. The molecule has 0 aliphatic heterocycles. The first-order valence-electron chi connectivity index (χ1n) is 7.92. The first kappa shape index (κ1) is 19.3. The number of aliphatic carboxylic acids is 1. The zero-order valence-corrected chi connectivity index (χ0v) is 14.8. The summed E-state index contributed by atoms with van der Waals surface area (Å²) in [6.07, 6.45) is 7.83. The van der Waals surface area contributed by atoms with Crippen LogP contribution in [-0.4, -0.2) is 30.4 Å². The van der Waals surface area contributed by atoms with Gasteiger partial charge in [-0.3, -0.25) is 9.48 Å². The summed E-state index contributed by atoms with van der Waals surface area (Å²) < 4.78 is 31.4. The molecule has 0 amide bonds. The molecule has 0 aliphatic rings. The number of imidazole rings is 1. The molecule has 8 heteroatoms. The van der Waals surface area contributed by atoms with Gasteiger partial charge < -0.3 is 9.67 Å². The zero-order valence-electron chi connectivity index (χ0n) is 14.8. The van der Waals surface area contributed by atoms with Crippen LogP contribution in [0.1, 0.15) is 18.1 Å². The average Bonchev–Trinajstić information content (AvgIpc) is 3.19. The third-order valence-electron chi connectivity index (χ3n) is 3.63. The topological polar surface area (TPSA) is 72.9 Å². The van der Waals surface area contributed by atoms with Crippen molar-refractivity contribution in [2.45, 2.75) is 26.8 Å². The van der Waals surface area contributed by atoms with E-state index in [0.29, 0.717) is 12.4 Å². The fourth-order valence-electron chi connectivity index (χ4n) is 2.40. The number of hydrogen-bond acceptors (Lipinski definition) is 3. The molecule has 0 unspecified atom stereocenters. The van der Waals surface area contributed by atoms with Crippen molar-refractivity contribution >= 4 is 5.97 Å². The van der Waals surface area contributed by atoms with Crippen LogP contribution in [0.2, 0.25) is 0 Å². The summed E-state index contributed by atoms with van der Waals surface area (Å²) in [5, 5.41) is 11.5. The Morgan fingerprint density at radius 3 is 2.58 bits per heavy atom. The van der Waals surface area contributed by atoms with Gasteiger partial charge in [-0.25, -0.2) is 13.8 Å². The van der Waals surface area contributed by atoms with Gasteiger partial charge in [0.15, 0.2) is 11.6 Å². The van der Waals surface area contributed by atoms with Crippen molar-refractivity contribution in [1.29, 1.82) is 0 Å². The summed E-state index contributed by atoms with van der Waals surface area (Å²) in [5.41, 5.74) is 1.55. The molecule has 1 N–H and O–H groups in total. The molecule has 1 aromatic carbocycles. The minimum Gasteiger partial charge on any atom is -0.481 e. The molecule has 2 heterocycles. The summed E-state index contributed by atoms with van der Waals surface area (Å²) in [7, 11) is 1.86. The van der Waals surface area contributed by atoms with Gasteiger partial charge in [-0.1, -0.05) is 6.07 Å². The molecule has 0 fully saturated rings. The van der Waals surface area contributed by atoms with Crippen LogP contribution in [-0.2, 0) is 24.8 Å². The molecule has 3 rings (SSSR count). The molecule has 3 aromatic rings. The average molecular weight is 362 g/mol. The van der Waals surface area contributed by atoms with Gasteiger partial charge >= 0.3 is 0 Å². The van der Waals surface area contributed by atoms with Crippen molar-refractivity contribution in [3.63, 3.8) is 0 Å². The highest BCUT2D eigenvalue weighted by Crippen LogP contribution is 2.25. The van der Waals surface area contributed by atoms with Gasteiger partial charge in [0.1, 0.15) is 5.82 Å². The number of benzene rings is 1. The summed E-state index contributed by atoms with van der Waals surface area (Å²) in [4.78, 5) is 13.2. The molecule has 0 aliphatic carbocycles. The molecule has 0 saturated heterocycles. The van der Waals surface area contributed by atoms with Crippen LogP contribution in [0.5, 0.6) is 0 Å². The van der Waals surface area contributed by atoms with Crippen molar-refractivity contribution in [3.8, 4) is 11.4 Å². The van der Waals surface area contributed by atoms with Gasteiger partial charge in [0.2, 0.25) is 0 Å². The Hall–Kier alpha value is -3.03. The Balaban J connectivity index is 0.000000552. The van der Waals surface area contributed by atoms with Crippen molar-refractivity contribution in [3.05, 3.63) is 59.7 Å². The van der Waals surface area contributed by atoms with E-state index in [9.17, 15) is 8.78 Å². The fraction of sp³-hybridized carbons (Fsp3) is 0.278. The summed E-state index contributed by atoms with van der Waals surface area (Å²) >= 11 is 0. The normalized spacial score (nSPS) is 10.3. The summed E-state index contributed by atoms with van der Waals surface area (Å²) in [6, 6.07) is 3.13. The number of carboxylic acid groups (broad SMARTS) is 1. The Morgan fingerprint density at radius 2 is 1.96 bits per heavy atom. The molecule has 0 spiro atoms. The van der Waals surface area contributed by atoms with Crippen LogP contribution in [0, 0.1) is 18.6 Å². The molecule has 26 heavy (non-hydrogen) atoms. The molecular weight excluding hydrogens is 342 g/mol. The number of aromatic nitrogens is 4. The van der Waals surface area contributed by atoms with E-state index in [0.717, 1.165) is 18.9 Å². The highest BCUT2D eigenvalue weighted by molar-refractivity contribution is 5.63. The molecular formula is C18H20F2N4O2. The quantitative estimate of drug-likeness (QED) is 0.774. The highest BCUT2D eigenvalue weighted by atomic mass is 19.2. The largest absolute Gasteiger partial charge is 0.481 e. The zero-order chi connectivity index (χ0) is 19.3. The number of rotatable bonds is 4. The molecule has 138 valence electrons. The monoisotopic (exact) mass is 362 g/mol. The second-order valence-electron chi connectivity index (χ2n) is 5.79. The van der Waals surface area contributed by atoms with Crippen LogP contribution < -0.4 is 0 Å². The number of halogens is 2. The van der Waals surface area contributed by atoms with Crippen LogP contribution in [0.25, 0.3) is 11.4 Å². The Labute approximate surface area is 149 Å². The third kappa shape index (κ3) is 4.75. The highest BCUT2D eigenvalue weighted by Gasteiger charge is 2.16. The minimum absolute atomic E-state index is 0.180. The first-order valence-corrected chi connectivity index (χ1v) is 7.92. The van der Waals surface area contributed by atoms with E-state index >= 15 is 0 Å². The maximum Gasteiger partial charge on any atom is 0.300 e. The SMILES string of the molecule is CC(=O)O.Cc1ccc(-c2nccn2CCc2cnn(C)c2)c(F)c1F. The number of hydrogen-bond donors (Lipinski definition) is 1. The second-order valence-corrected chi connectivity index (χ2v) is 5.79. The second kappa shape index (κ2) is 8.37. The van der Waals surface area contributed by atoms with Crippen molar-refractivity contribution in [1.82, 2.24) is 19.3 Å². The number of nitrogens with zero attached hydrogens (tertiary/aromatic N) is 4. The molecule has 2 aromatic heterocycles.